The summed E-state index contributed by atoms with van der Waals surface area (Å²) in [4.78, 5) is 37.3. The number of piperidine rings is 1. The summed E-state index contributed by atoms with van der Waals surface area (Å²) in [5, 5.41) is 19.9. The van der Waals surface area contributed by atoms with Crippen molar-refractivity contribution in [3.05, 3.63) is 83.3 Å². The van der Waals surface area contributed by atoms with Gasteiger partial charge in [0.2, 0.25) is 5.88 Å². The lowest BCUT2D eigenvalue weighted by atomic mass is 9.75. The second kappa shape index (κ2) is 14.5. The number of allylic oxidation sites excluding steroid dienone is 2. The molecule has 2 fully saturated rings. The number of carbonyl (C=O) groups excluding carboxylic acids is 1. The Labute approximate surface area is 284 Å². The van der Waals surface area contributed by atoms with Crippen LogP contribution in [0.25, 0.3) is 5.57 Å². The van der Waals surface area contributed by atoms with E-state index < -0.39 is 5.97 Å². The largest absolute Gasteiger partial charge is 0.508 e. The van der Waals surface area contributed by atoms with E-state index in [0.29, 0.717) is 36.3 Å². The Morgan fingerprint density at radius 1 is 1.04 bits per heavy atom. The molecule has 2 aliphatic carbocycles. The van der Waals surface area contributed by atoms with E-state index in [9.17, 15) is 19.8 Å². The smallest absolute Gasteiger partial charge is 0.303 e. The number of ether oxygens (including phenoxy) is 1. The fraction of sp³-hybridized carbons (Fsp3) is 0.500. The summed E-state index contributed by atoms with van der Waals surface area (Å²) in [6.07, 6.45) is 11.4. The Hall–Kier alpha value is -4.20. The lowest BCUT2D eigenvalue weighted by Gasteiger charge is -2.35. The molecular weight excluding hydrogens is 602 g/mol. The number of aromatic hydroxyl groups is 1. The van der Waals surface area contributed by atoms with Gasteiger partial charge in [0, 0.05) is 48.6 Å². The third-order valence-corrected chi connectivity index (χ3v) is 10.6. The van der Waals surface area contributed by atoms with Gasteiger partial charge in [0.25, 0.3) is 0 Å². The highest BCUT2D eigenvalue weighted by molar-refractivity contribution is 6.03. The minimum atomic E-state index is -0.774. The van der Waals surface area contributed by atoms with E-state index >= 15 is 0 Å². The van der Waals surface area contributed by atoms with Gasteiger partial charge in [-0.05, 0) is 123 Å². The zero-order valence-corrected chi connectivity index (χ0v) is 28.5. The molecule has 2 aromatic heterocycles. The number of anilines is 1. The van der Waals surface area contributed by atoms with Gasteiger partial charge < -0.3 is 19.8 Å². The molecule has 3 heterocycles. The first-order valence-electron chi connectivity index (χ1n) is 17.6. The number of phenolic OH excluding ortho intramolecular Hbond substituents is 1. The van der Waals surface area contributed by atoms with Crippen LogP contribution in [0.1, 0.15) is 105 Å². The zero-order valence-electron chi connectivity index (χ0n) is 28.5. The van der Waals surface area contributed by atoms with Crippen LogP contribution in [-0.4, -0.2) is 51.6 Å². The average molecular weight is 652 g/mol. The molecule has 2 N–H and O–H groups in total. The molecule has 1 aromatic carbocycles. The van der Waals surface area contributed by atoms with E-state index in [4.69, 9.17) is 9.72 Å². The molecule has 8 nitrogen and oxygen atoms in total. The van der Waals surface area contributed by atoms with E-state index in [2.05, 4.69) is 29.8 Å². The van der Waals surface area contributed by atoms with Gasteiger partial charge in [-0.25, -0.2) is 4.98 Å². The predicted octanol–water partition coefficient (Wildman–Crippen LogP) is 8.24. The number of Topliss-reactive ketones (excluding diaryl/α,β-unsaturated/α-hetero) is 1. The zero-order chi connectivity index (χ0) is 33.8. The van der Waals surface area contributed by atoms with Crippen molar-refractivity contribution in [2.75, 3.05) is 24.6 Å². The number of phenols is 1. The van der Waals surface area contributed by atoms with Gasteiger partial charge in [0.1, 0.15) is 5.75 Å². The number of nitrogens with zero attached hydrogens (tertiary/aromatic N) is 3. The summed E-state index contributed by atoms with van der Waals surface area (Å²) in [6, 6.07) is 15.1. The van der Waals surface area contributed by atoms with Crippen molar-refractivity contribution in [1.82, 2.24) is 9.97 Å². The van der Waals surface area contributed by atoms with Gasteiger partial charge >= 0.3 is 5.97 Å². The first-order chi connectivity index (χ1) is 23.0. The third kappa shape index (κ3) is 8.44. The summed E-state index contributed by atoms with van der Waals surface area (Å²) in [6.45, 7) is 8.58. The summed E-state index contributed by atoms with van der Waals surface area (Å²) in [7, 11) is 0. The molecule has 3 aliphatic rings. The summed E-state index contributed by atoms with van der Waals surface area (Å²) >= 11 is 0. The predicted molar refractivity (Wildman–Crippen MR) is 188 cm³/mol. The molecule has 3 aromatic rings. The summed E-state index contributed by atoms with van der Waals surface area (Å²) < 4.78 is 6.15. The molecule has 8 heteroatoms. The van der Waals surface area contributed by atoms with Crippen molar-refractivity contribution in [1.29, 1.82) is 0 Å². The molecule has 1 saturated heterocycles. The van der Waals surface area contributed by atoms with Crippen molar-refractivity contribution < 1.29 is 24.5 Å². The van der Waals surface area contributed by atoms with E-state index in [1.54, 1.807) is 24.4 Å². The van der Waals surface area contributed by atoms with Crippen molar-refractivity contribution in [3.8, 4) is 11.6 Å². The molecule has 0 bridgehead atoms. The van der Waals surface area contributed by atoms with Crippen LogP contribution in [0, 0.1) is 30.1 Å². The Morgan fingerprint density at radius 2 is 1.83 bits per heavy atom. The van der Waals surface area contributed by atoms with Crippen molar-refractivity contribution in [2.45, 2.75) is 84.5 Å². The highest BCUT2D eigenvalue weighted by atomic mass is 16.5. The maximum Gasteiger partial charge on any atom is 0.303 e. The number of pyridine rings is 2. The molecule has 0 spiro atoms. The fourth-order valence-electron chi connectivity index (χ4n) is 7.40. The number of aromatic nitrogens is 2. The number of hydrogen-bond acceptors (Lipinski definition) is 7. The highest BCUT2D eigenvalue weighted by Crippen LogP contribution is 2.45. The summed E-state index contributed by atoms with van der Waals surface area (Å²) in [5.74, 6) is 0.643. The lowest BCUT2D eigenvalue weighted by molar-refractivity contribution is -0.137. The molecule has 48 heavy (non-hydrogen) atoms. The molecule has 0 amide bonds. The van der Waals surface area contributed by atoms with Crippen molar-refractivity contribution >= 4 is 23.0 Å². The van der Waals surface area contributed by atoms with Crippen LogP contribution in [0.2, 0.25) is 0 Å². The third-order valence-electron chi connectivity index (χ3n) is 10.6. The number of benzene rings is 1. The molecular formula is C40H49N3O5. The van der Waals surface area contributed by atoms with Crippen molar-refractivity contribution in [2.24, 2.45) is 23.2 Å². The second-order valence-corrected chi connectivity index (χ2v) is 15.0. The molecule has 2 atom stereocenters. The fourth-order valence-corrected chi connectivity index (χ4v) is 7.40. The number of carbonyl (C=O) groups is 2. The number of rotatable bonds is 11. The Balaban J connectivity index is 1.12. The minimum absolute atomic E-state index is 0.00557. The van der Waals surface area contributed by atoms with Gasteiger partial charge in [-0.1, -0.05) is 26.0 Å². The van der Waals surface area contributed by atoms with E-state index in [0.717, 1.165) is 86.2 Å². The van der Waals surface area contributed by atoms with Gasteiger partial charge in [0.15, 0.2) is 5.78 Å². The van der Waals surface area contributed by atoms with E-state index in [1.165, 1.54) is 0 Å². The van der Waals surface area contributed by atoms with Gasteiger partial charge in [-0.2, -0.15) is 0 Å². The number of carboxylic acids is 1. The number of hydrogen-bond donors (Lipinski definition) is 2. The number of carboxylic acid groups (broad SMARTS) is 1. The Kier molecular flexibility index (Phi) is 10.2. The maximum atomic E-state index is 14.4. The highest BCUT2D eigenvalue weighted by Gasteiger charge is 2.34. The molecule has 1 saturated carbocycles. The quantitative estimate of drug-likeness (QED) is 0.199. The molecule has 6 rings (SSSR count). The van der Waals surface area contributed by atoms with Crippen LogP contribution in [-0.2, 0) is 4.79 Å². The van der Waals surface area contributed by atoms with Crippen molar-refractivity contribution in [3.63, 3.8) is 0 Å². The summed E-state index contributed by atoms with van der Waals surface area (Å²) in [5.41, 5.74) is 5.61. The van der Waals surface area contributed by atoms with E-state index in [-0.39, 0.29) is 35.2 Å². The van der Waals surface area contributed by atoms with Crippen LogP contribution < -0.4 is 9.64 Å². The van der Waals surface area contributed by atoms with Crippen LogP contribution in [0.4, 0.5) is 5.69 Å². The monoisotopic (exact) mass is 651 g/mol. The van der Waals surface area contributed by atoms with Gasteiger partial charge in [0.05, 0.1) is 24.4 Å². The maximum absolute atomic E-state index is 14.4. The lowest BCUT2D eigenvalue weighted by Crippen LogP contribution is -2.36. The number of aliphatic carboxylic acids is 1. The topological polar surface area (TPSA) is 113 Å². The van der Waals surface area contributed by atoms with Gasteiger partial charge in [-0.3, -0.25) is 14.6 Å². The normalized spacial score (nSPS) is 21.8. The average Bonchev–Trinajstić information content (AvgIpc) is 3.91. The van der Waals surface area contributed by atoms with E-state index in [1.807, 2.05) is 37.3 Å². The van der Waals surface area contributed by atoms with Crippen LogP contribution in [0.3, 0.4) is 0 Å². The molecule has 1 aliphatic heterocycles. The Morgan fingerprint density at radius 3 is 2.56 bits per heavy atom. The molecule has 254 valence electrons. The SMILES string of the molecule is Cc1cccc(/C2=C\CC(C)(C)CCC(C(=O)c3ccc(O)cc3N3CCC(COc4cc(C(CC(=O)O)C5CC5)ccn4)CC3)C2)n1. The van der Waals surface area contributed by atoms with Crippen LogP contribution in [0.15, 0.2) is 60.8 Å². The van der Waals surface area contributed by atoms with Crippen LogP contribution in [0.5, 0.6) is 11.6 Å². The van der Waals surface area contributed by atoms with Crippen LogP contribution >= 0.6 is 0 Å². The number of aryl methyl sites for hydroxylation is 1. The second-order valence-electron chi connectivity index (χ2n) is 15.0. The standard InChI is InChI=1S/C40H49N3O5/c1-26-5-4-6-35(42-26)30-11-16-40(2,3)17-12-31(21-30)39(47)33-10-9-32(44)23-36(33)43-19-14-27(15-20-43)25-48-37-22-29(13-18-41-37)34(24-38(45)46)28-7-8-28/h4-6,9-11,13,18,22-23,27-28,31,34,44H,7-8,12,14-17,19-21,24-25H2,1-3H3,(H,45,46)/b30-11-. The van der Waals surface area contributed by atoms with Gasteiger partial charge in [-0.15, -0.1) is 0 Å². The first kappa shape index (κ1) is 33.7. The number of ketones is 1. The first-order valence-corrected chi connectivity index (χ1v) is 17.6. The Bertz CT molecular complexity index is 1650. The minimum Gasteiger partial charge on any atom is -0.508 e. The molecule has 2 unspecified atom stereocenters. The molecule has 0 radical (unpaired) electrons.